The zero-order valence-corrected chi connectivity index (χ0v) is 14.8. The van der Waals surface area contributed by atoms with Crippen LogP contribution in [0.4, 0.5) is 0 Å². The maximum atomic E-state index is 12.0. The van der Waals surface area contributed by atoms with Gasteiger partial charge in [0.1, 0.15) is 6.10 Å². The molecule has 0 fully saturated rings. The third-order valence-electron chi connectivity index (χ3n) is 4.45. The molecule has 0 saturated carbocycles. The first-order valence-corrected chi connectivity index (χ1v) is 9.56. The van der Waals surface area contributed by atoms with E-state index in [1.807, 2.05) is 24.3 Å². The summed E-state index contributed by atoms with van der Waals surface area (Å²) in [4.78, 5) is 17.2. The summed E-state index contributed by atoms with van der Waals surface area (Å²) in [7, 11) is -3.76. The molecule has 1 aromatic rings. The molecule has 132 valence electrons. The smallest absolute Gasteiger partial charge is 0.264 e. The molecule has 1 aliphatic heterocycles. The number of aryl methyl sites for hydroxylation is 1. The van der Waals surface area contributed by atoms with E-state index in [9.17, 15) is 13.2 Å². The van der Waals surface area contributed by atoms with Crippen molar-refractivity contribution in [3.8, 4) is 0 Å². The zero-order chi connectivity index (χ0) is 18.0. The number of hydrogen-bond donors (Lipinski definition) is 2. The standard InChI is InChI=1S/C16H22N2O5S/c1-4-11-5-7-12(8-6-11)14-9-13(23-18-14)10-16(2,15(19)17-20)24(3,21)22/h5-8,13,20H,4,9-10H2,1-3H3,(H,17,19)/t13-,16-/m1/s1. The molecule has 1 heterocycles. The molecule has 2 atom stereocenters. The van der Waals surface area contributed by atoms with Crippen LogP contribution in [-0.4, -0.2) is 42.4 Å². The van der Waals surface area contributed by atoms with Crippen LogP contribution in [0.1, 0.15) is 37.8 Å². The largest absolute Gasteiger partial charge is 0.392 e. The number of benzene rings is 1. The van der Waals surface area contributed by atoms with E-state index in [0.717, 1.165) is 18.2 Å². The lowest BCUT2D eigenvalue weighted by Gasteiger charge is -2.26. The summed E-state index contributed by atoms with van der Waals surface area (Å²) in [5.74, 6) is -0.977. The van der Waals surface area contributed by atoms with Gasteiger partial charge in [-0.1, -0.05) is 36.3 Å². The normalized spacial score (nSPS) is 20.0. The van der Waals surface area contributed by atoms with Crippen molar-refractivity contribution >= 4 is 21.5 Å². The van der Waals surface area contributed by atoms with Crippen LogP contribution >= 0.6 is 0 Å². The molecule has 0 spiro atoms. The molecule has 0 aliphatic carbocycles. The molecule has 0 radical (unpaired) electrons. The quantitative estimate of drug-likeness (QED) is 0.594. The number of rotatable bonds is 6. The third kappa shape index (κ3) is 3.59. The topological polar surface area (TPSA) is 105 Å². The predicted octanol–water partition coefficient (Wildman–Crippen LogP) is 1.44. The highest BCUT2D eigenvalue weighted by Gasteiger charge is 2.47. The Balaban J connectivity index is 2.12. The number of oxime groups is 1. The molecule has 2 rings (SSSR count). The molecule has 0 saturated heterocycles. The van der Waals surface area contributed by atoms with Gasteiger partial charge in [0.05, 0.1) is 5.71 Å². The predicted molar refractivity (Wildman–Crippen MR) is 89.6 cm³/mol. The van der Waals surface area contributed by atoms with E-state index in [2.05, 4.69) is 12.1 Å². The van der Waals surface area contributed by atoms with Gasteiger partial charge >= 0.3 is 0 Å². The van der Waals surface area contributed by atoms with Gasteiger partial charge in [-0.05, 0) is 24.5 Å². The maximum Gasteiger partial charge on any atom is 0.264 e. The molecule has 24 heavy (non-hydrogen) atoms. The van der Waals surface area contributed by atoms with Crippen LogP contribution in [0.5, 0.6) is 0 Å². The molecule has 1 amide bonds. The Morgan fingerprint density at radius 3 is 2.54 bits per heavy atom. The number of nitrogens with one attached hydrogen (secondary N) is 1. The van der Waals surface area contributed by atoms with Crippen molar-refractivity contribution in [2.75, 3.05) is 6.26 Å². The van der Waals surface area contributed by atoms with E-state index >= 15 is 0 Å². The minimum atomic E-state index is -3.76. The van der Waals surface area contributed by atoms with Crippen LogP contribution in [0.15, 0.2) is 29.4 Å². The molecule has 0 bridgehead atoms. The van der Waals surface area contributed by atoms with Gasteiger partial charge in [-0.2, -0.15) is 0 Å². The van der Waals surface area contributed by atoms with Crippen molar-refractivity contribution < 1.29 is 23.3 Å². The minimum absolute atomic E-state index is 0.0989. The number of hydrogen-bond acceptors (Lipinski definition) is 6. The van der Waals surface area contributed by atoms with Gasteiger partial charge in [-0.15, -0.1) is 0 Å². The maximum absolute atomic E-state index is 12.0. The Morgan fingerprint density at radius 2 is 2.04 bits per heavy atom. The fourth-order valence-corrected chi connectivity index (χ4v) is 3.48. The van der Waals surface area contributed by atoms with E-state index in [-0.39, 0.29) is 6.42 Å². The Morgan fingerprint density at radius 1 is 1.42 bits per heavy atom. The van der Waals surface area contributed by atoms with E-state index < -0.39 is 26.6 Å². The first-order valence-electron chi connectivity index (χ1n) is 7.67. The first kappa shape index (κ1) is 18.4. The summed E-state index contributed by atoms with van der Waals surface area (Å²) in [6.45, 7) is 3.34. The second kappa shape index (κ2) is 6.90. The number of sulfone groups is 1. The SMILES string of the molecule is CCc1ccc(C2=NO[C@@H](C[C@](C)(C(=O)NO)S(C)(=O)=O)C2)cc1. The van der Waals surface area contributed by atoms with E-state index in [1.54, 1.807) is 0 Å². The second-order valence-electron chi connectivity index (χ2n) is 6.17. The van der Waals surface area contributed by atoms with Crippen LogP contribution in [0, 0.1) is 0 Å². The van der Waals surface area contributed by atoms with Gasteiger partial charge in [0.15, 0.2) is 14.6 Å². The van der Waals surface area contributed by atoms with Crippen molar-refractivity contribution in [3.63, 3.8) is 0 Å². The van der Waals surface area contributed by atoms with Crippen LogP contribution in [-0.2, 0) is 25.9 Å². The summed E-state index contributed by atoms with van der Waals surface area (Å²) in [6, 6.07) is 7.90. The summed E-state index contributed by atoms with van der Waals surface area (Å²) in [6.07, 6.45) is 1.65. The van der Waals surface area contributed by atoms with E-state index in [1.165, 1.54) is 18.0 Å². The number of amides is 1. The number of hydroxylamine groups is 1. The van der Waals surface area contributed by atoms with E-state index in [0.29, 0.717) is 12.1 Å². The molecule has 1 aliphatic rings. The number of carbonyl (C=O) groups excluding carboxylic acids is 1. The molecule has 1 aromatic carbocycles. The van der Waals surface area contributed by atoms with Crippen molar-refractivity contribution in [2.45, 2.75) is 44.0 Å². The van der Waals surface area contributed by atoms with Crippen LogP contribution in [0.2, 0.25) is 0 Å². The Kier molecular flexibility index (Phi) is 5.29. The first-order chi connectivity index (χ1) is 11.2. The van der Waals surface area contributed by atoms with Crippen molar-refractivity contribution in [2.24, 2.45) is 5.16 Å². The van der Waals surface area contributed by atoms with Crippen LogP contribution in [0.3, 0.4) is 0 Å². The Bertz CT molecular complexity index is 742. The molecule has 7 nitrogen and oxygen atoms in total. The fourth-order valence-electron chi connectivity index (χ4n) is 2.61. The molecular formula is C16H22N2O5S. The van der Waals surface area contributed by atoms with Crippen molar-refractivity contribution in [1.82, 2.24) is 5.48 Å². The average molecular weight is 354 g/mol. The fraction of sp³-hybridized carbons (Fsp3) is 0.500. The molecule has 2 N–H and O–H groups in total. The van der Waals surface area contributed by atoms with Crippen molar-refractivity contribution in [1.29, 1.82) is 0 Å². The monoisotopic (exact) mass is 354 g/mol. The minimum Gasteiger partial charge on any atom is -0.392 e. The van der Waals surface area contributed by atoms with Gasteiger partial charge in [-0.25, -0.2) is 13.9 Å². The summed E-state index contributed by atoms with van der Waals surface area (Å²) >= 11 is 0. The Hall–Kier alpha value is -1.93. The summed E-state index contributed by atoms with van der Waals surface area (Å²) in [5.41, 5.74) is 4.25. The second-order valence-corrected chi connectivity index (χ2v) is 8.61. The highest BCUT2D eigenvalue weighted by atomic mass is 32.2. The number of nitrogens with zero attached hydrogens (tertiary/aromatic N) is 1. The van der Waals surface area contributed by atoms with Gasteiger partial charge in [0.2, 0.25) is 0 Å². The average Bonchev–Trinajstić information content (AvgIpc) is 3.01. The van der Waals surface area contributed by atoms with Gasteiger partial charge in [0, 0.05) is 19.1 Å². The number of carbonyl (C=O) groups is 1. The zero-order valence-electron chi connectivity index (χ0n) is 13.9. The van der Waals surface area contributed by atoms with Crippen LogP contribution < -0.4 is 5.48 Å². The highest BCUT2D eigenvalue weighted by molar-refractivity contribution is 7.92. The van der Waals surface area contributed by atoms with Gasteiger partial charge in [-0.3, -0.25) is 10.0 Å². The van der Waals surface area contributed by atoms with Gasteiger partial charge < -0.3 is 4.84 Å². The Labute approximate surface area is 141 Å². The van der Waals surface area contributed by atoms with Crippen molar-refractivity contribution in [3.05, 3.63) is 35.4 Å². The van der Waals surface area contributed by atoms with Crippen LogP contribution in [0.25, 0.3) is 0 Å². The molecule has 0 unspecified atom stereocenters. The summed E-state index contributed by atoms with van der Waals surface area (Å²) in [5, 5.41) is 12.9. The molecular weight excluding hydrogens is 332 g/mol. The van der Waals surface area contributed by atoms with E-state index in [4.69, 9.17) is 10.0 Å². The molecule has 8 heteroatoms. The lowest BCUT2D eigenvalue weighted by atomic mass is 9.96. The molecule has 0 aromatic heterocycles. The third-order valence-corrected chi connectivity index (χ3v) is 6.43. The van der Waals surface area contributed by atoms with Gasteiger partial charge in [0.25, 0.3) is 5.91 Å². The summed E-state index contributed by atoms with van der Waals surface area (Å²) < 4.78 is 22.2. The lowest BCUT2D eigenvalue weighted by Crippen LogP contribution is -2.51. The highest BCUT2D eigenvalue weighted by Crippen LogP contribution is 2.29. The lowest BCUT2D eigenvalue weighted by molar-refractivity contribution is -0.132.